The Balaban J connectivity index is 4.51. The molecule has 6 atom stereocenters. The van der Waals surface area contributed by atoms with Gasteiger partial charge in [0.1, 0.15) is 0 Å². The van der Waals surface area contributed by atoms with Crippen LogP contribution in [0.5, 0.6) is 0 Å². The standard InChI is InChI=1S/C16H34S5/c1-11(17)5-7-15(9-13(3)19)21-16(10-14(4)20)8-6-12(2)18/h11-20H,5-10H2,1-4H3. The molecular weight excluding hydrogens is 353 g/mol. The van der Waals surface area contributed by atoms with Crippen molar-refractivity contribution in [3.63, 3.8) is 0 Å². The number of hydrogen-bond acceptors (Lipinski definition) is 5. The van der Waals surface area contributed by atoms with Crippen LogP contribution < -0.4 is 0 Å². The lowest BCUT2D eigenvalue weighted by Crippen LogP contribution is -2.18. The van der Waals surface area contributed by atoms with E-state index in [1.807, 2.05) is 0 Å². The van der Waals surface area contributed by atoms with Crippen LogP contribution in [-0.2, 0) is 0 Å². The third-order valence-corrected chi connectivity index (χ3v) is 5.97. The van der Waals surface area contributed by atoms with Crippen molar-refractivity contribution in [1.29, 1.82) is 0 Å². The maximum atomic E-state index is 4.60. The van der Waals surface area contributed by atoms with Gasteiger partial charge in [-0.05, 0) is 59.5 Å². The molecule has 0 aromatic rings. The zero-order chi connectivity index (χ0) is 16.4. The second kappa shape index (κ2) is 13.1. The van der Waals surface area contributed by atoms with Crippen molar-refractivity contribution in [2.24, 2.45) is 0 Å². The van der Waals surface area contributed by atoms with Crippen LogP contribution in [0.15, 0.2) is 0 Å². The first kappa shape index (κ1) is 22.8. The summed E-state index contributed by atoms with van der Waals surface area (Å²) < 4.78 is 0. The van der Waals surface area contributed by atoms with Crippen LogP contribution in [0.2, 0.25) is 0 Å². The quantitative estimate of drug-likeness (QED) is 0.295. The first-order valence-electron chi connectivity index (χ1n) is 8.08. The van der Waals surface area contributed by atoms with Crippen molar-refractivity contribution in [1.82, 2.24) is 0 Å². The molecule has 0 nitrogen and oxygen atoms in total. The lowest BCUT2D eigenvalue weighted by atomic mass is 10.1. The van der Waals surface area contributed by atoms with E-state index in [9.17, 15) is 0 Å². The van der Waals surface area contributed by atoms with E-state index in [0.717, 1.165) is 0 Å². The summed E-state index contributed by atoms with van der Waals surface area (Å²) in [6.07, 6.45) is 7.23. The average molecular weight is 387 g/mol. The lowest BCUT2D eigenvalue weighted by Gasteiger charge is -2.26. The van der Waals surface area contributed by atoms with Crippen LogP contribution in [0.25, 0.3) is 0 Å². The smallest absolute Gasteiger partial charge is 0.00605 e. The summed E-state index contributed by atoms with van der Waals surface area (Å²) in [5.41, 5.74) is 0. The summed E-state index contributed by atoms with van der Waals surface area (Å²) in [4.78, 5) is 0. The molecule has 0 rings (SSSR count). The van der Waals surface area contributed by atoms with Gasteiger partial charge in [0, 0.05) is 10.5 Å². The van der Waals surface area contributed by atoms with Gasteiger partial charge in [-0.25, -0.2) is 0 Å². The highest BCUT2D eigenvalue weighted by atomic mass is 32.2. The van der Waals surface area contributed by atoms with E-state index in [2.05, 4.69) is 90.0 Å². The molecule has 0 aromatic carbocycles. The fraction of sp³-hybridized carbons (Fsp3) is 1.00. The van der Waals surface area contributed by atoms with E-state index in [-0.39, 0.29) is 0 Å². The second-order valence-electron chi connectivity index (χ2n) is 6.40. The number of thiol groups is 4. The summed E-state index contributed by atoms with van der Waals surface area (Å²) >= 11 is 20.4. The summed E-state index contributed by atoms with van der Waals surface area (Å²) in [7, 11) is 0. The molecule has 6 unspecified atom stereocenters. The van der Waals surface area contributed by atoms with E-state index in [0.29, 0.717) is 31.5 Å². The van der Waals surface area contributed by atoms with Crippen LogP contribution in [0, 0.1) is 0 Å². The topological polar surface area (TPSA) is 0 Å². The van der Waals surface area contributed by atoms with Gasteiger partial charge in [-0.1, -0.05) is 27.7 Å². The molecule has 0 N–H and O–H groups in total. The van der Waals surface area contributed by atoms with Crippen LogP contribution in [-0.4, -0.2) is 31.5 Å². The third kappa shape index (κ3) is 15.0. The predicted octanol–water partition coefficient (Wildman–Crippen LogP) is 6.07. The van der Waals surface area contributed by atoms with Crippen LogP contribution >= 0.6 is 62.3 Å². The SMILES string of the molecule is CC(S)CCC(CC(C)S)SC(CCC(C)S)CC(C)S. The minimum absolute atomic E-state index is 0.468. The Bertz CT molecular complexity index is 217. The van der Waals surface area contributed by atoms with Crippen LogP contribution in [0.1, 0.15) is 66.2 Å². The Morgan fingerprint density at radius 1 is 0.571 bits per heavy atom. The first-order valence-corrected chi connectivity index (χ1v) is 11.1. The summed E-state index contributed by atoms with van der Waals surface area (Å²) in [5, 5.41) is 3.30. The highest BCUT2D eigenvalue weighted by molar-refractivity contribution is 8.00. The highest BCUT2D eigenvalue weighted by Gasteiger charge is 2.20. The van der Waals surface area contributed by atoms with Gasteiger partial charge in [-0.2, -0.15) is 62.3 Å². The van der Waals surface area contributed by atoms with E-state index in [4.69, 9.17) is 0 Å². The molecule has 0 heterocycles. The summed E-state index contributed by atoms with van der Waals surface area (Å²) in [5.74, 6) is 0. The average Bonchev–Trinajstić information content (AvgIpc) is 2.31. The predicted molar refractivity (Wildman–Crippen MR) is 117 cm³/mol. The maximum absolute atomic E-state index is 4.60. The molecule has 0 amide bonds. The molecule has 21 heavy (non-hydrogen) atoms. The number of hydrogen-bond donors (Lipinski definition) is 4. The largest absolute Gasteiger partial charge is 0.176 e. The first-order chi connectivity index (χ1) is 9.70. The highest BCUT2D eigenvalue weighted by Crippen LogP contribution is 2.33. The maximum Gasteiger partial charge on any atom is 0.00605 e. The van der Waals surface area contributed by atoms with Crippen molar-refractivity contribution >= 4 is 62.3 Å². The zero-order valence-electron chi connectivity index (χ0n) is 13.9. The third-order valence-electron chi connectivity index (χ3n) is 3.41. The number of thioether (sulfide) groups is 1. The van der Waals surface area contributed by atoms with Gasteiger partial charge >= 0.3 is 0 Å². The Kier molecular flexibility index (Phi) is 14.2. The van der Waals surface area contributed by atoms with E-state index in [1.165, 1.54) is 38.5 Å². The summed E-state index contributed by atoms with van der Waals surface area (Å²) in [6.45, 7) is 8.77. The molecule has 0 aromatic heterocycles. The van der Waals surface area contributed by atoms with Crippen molar-refractivity contribution in [2.75, 3.05) is 0 Å². The second-order valence-corrected chi connectivity index (χ2v) is 11.5. The Hall–Kier alpha value is 1.75. The molecule has 0 aliphatic rings. The van der Waals surface area contributed by atoms with Crippen molar-refractivity contribution in [3.8, 4) is 0 Å². The summed E-state index contributed by atoms with van der Waals surface area (Å²) in [6, 6.07) is 0. The van der Waals surface area contributed by atoms with Gasteiger partial charge in [0.05, 0.1) is 0 Å². The lowest BCUT2D eigenvalue weighted by molar-refractivity contribution is 0.626. The van der Waals surface area contributed by atoms with Gasteiger partial charge in [0.15, 0.2) is 0 Å². The van der Waals surface area contributed by atoms with E-state index < -0.39 is 0 Å². The molecule has 0 aliphatic carbocycles. The zero-order valence-corrected chi connectivity index (χ0v) is 18.3. The van der Waals surface area contributed by atoms with Crippen molar-refractivity contribution in [2.45, 2.75) is 97.7 Å². The Labute approximate surface area is 159 Å². The molecule has 128 valence electrons. The molecule has 0 bridgehead atoms. The Morgan fingerprint density at radius 2 is 0.905 bits per heavy atom. The Morgan fingerprint density at radius 3 is 1.14 bits per heavy atom. The van der Waals surface area contributed by atoms with Gasteiger partial charge in [-0.15, -0.1) is 0 Å². The number of rotatable bonds is 12. The van der Waals surface area contributed by atoms with Crippen molar-refractivity contribution < 1.29 is 0 Å². The molecule has 5 heteroatoms. The van der Waals surface area contributed by atoms with E-state index >= 15 is 0 Å². The van der Waals surface area contributed by atoms with E-state index in [1.54, 1.807) is 0 Å². The van der Waals surface area contributed by atoms with Crippen LogP contribution in [0.4, 0.5) is 0 Å². The molecule has 0 saturated heterocycles. The molecule has 0 radical (unpaired) electrons. The molecule has 0 saturated carbocycles. The fourth-order valence-corrected chi connectivity index (χ4v) is 5.35. The van der Waals surface area contributed by atoms with Gasteiger partial charge in [0.2, 0.25) is 0 Å². The van der Waals surface area contributed by atoms with Crippen molar-refractivity contribution in [3.05, 3.63) is 0 Å². The minimum atomic E-state index is 0.468. The normalized spacial score (nSPS) is 20.6. The van der Waals surface area contributed by atoms with Gasteiger partial charge in [0.25, 0.3) is 0 Å². The minimum Gasteiger partial charge on any atom is -0.176 e. The molecule has 0 spiro atoms. The van der Waals surface area contributed by atoms with Gasteiger partial charge in [-0.3, -0.25) is 0 Å². The van der Waals surface area contributed by atoms with Gasteiger partial charge < -0.3 is 0 Å². The molecular formula is C16H34S5. The monoisotopic (exact) mass is 386 g/mol. The molecule has 0 fully saturated rings. The van der Waals surface area contributed by atoms with Crippen LogP contribution in [0.3, 0.4) is 0 Å². The fourth-order valence-electron chi connectivity index (χ4n) is 2.37. The molecule has 0 aliphatic heterocycles.